The topological polar surface area (TPSA) is 82.7 Å². The van der Waals surface area contributed by atoms with Crippen molar-refractivity contribution in [3.8, 4) is 0 Å². The van der Waals surface area contributed by atoms with Crippen LogP contribution in [-0.4, -0.2) is 34.9 Å². The molecule has 0 saturated heterocycles. The van der Waals surface area contributed by atoms with Gasteiger partial charge in [0.1, 0.15) is 11.4 Å². The molecule has 0 aliphatic carbocycles. The minimum absolute atomic E-state index is 0.0233. The Balaban J connectivity index is 2.53. The molecule has 0 saturated carbocycles. The van der Waals surface area contributed by atoms with Crippen LogP contribution in [0.25, 0.3) is 0 Å². The Bertz CT molecular complexity index is 357. The highest BCUT2D eigenvalue weighted by molar-refractivity contribution is 5.91. The number of furan rings is 1. The van der Waals surface area contributed by atoms with Crippen LogP contribution in [-0.2, 0) is 6.42 Å². The molecule has 1 atom stereocenters. The molecule has 1 heterocycles. The zero-order valence-corrected chi connectivity index (χ0v) is 9.49. The average molecular weight is 227 g/mol. The lowest BCUT2D eigenvalue weighted by Crippen LogP contribution is -2.43. The Morgan fingerprint density at radius 3 is 2.75 bits per heavy atom. The van der Waals surface area contributed by atoms with Gasteiger partial charge in [-0.2, -0.15) is 0 Å². The Labute approximate surface area is 94.1 Å². The van der Waals surface area contributed by atoms with Crippen LogP contribution in [0.4, 0.5) is 0 Å². The molecule has 0 bridgehead atoms. The molecule has 0 aliphatic heterocycles. The van der Waals surface area contributed by atoms with Gasteiger partial charge in [0.05, 0.1) is 6.61 Å². The Morgan fingerprint density at radius 1 is 1.56 bits per heavy atom. The fourth-order valence-corrected chi connectivity index (χ4v) is 1.10. The van der Waals surface area contributed by atoms with Crippen LogP contribution >= 0.6 is 0 Å². The smallest absolute Gasteiger partial charge is 0.287 e. The van der Waals surface area contributed by atoms with Crippen molar-refractivity contribution in [1.82, 2.24) is 5.32 Å². The molecule has 3 N–H and O–H groups in total. The van der Waals surface area contributed by atoms with Gasteiger partial charge in [0.2, 0.25) is 0 Å². The normalized spacial score (nSPS) is 14.5. The van der Waals surface area contributed by atoms with E-state index in [0.717, 1.165) is 12.2 Å². The van der Waals surface area contributed by atoms with Gasteiger partial charge in [0, 0.05) is 13.0 Å². The van der Waals surface area contributed by atoms with Crippen LogP contribution in [0.2, 0.25) is 0 Å². The molecule has 0 fully saturated rings. The number of amides is 1. The number of hydrogen-bond donors (Lipinski definition) is 3. The molecule has 0 spiro atoms. The fourth-order valence-electron chi connectivity index (χ4n) is 1.10. The molecule has 1 rings (SSSR count). The Hall–Kier alpha value is -1.33. The van der Waals surface area contributed by atoms with Gasteiger partial charge in [-0.25, -0.2) is 0 Å². The third kappa shape index (κ3) is 3.36. The first kappa shape index (κ1) is 12.7. The van der Waals surface area contributed by atoms with Gasteiger partial charge in [0.15, 0.2) is 5.76 Å². The third-order valence-electron chi connectivity index (χ3n) is 2.20. The van der Waals surface area contributed by atoms with E-state index in [2.05, 4.69) is 5.32 Å². The molecular weight excluding hydrogens is 210 g/mol. The first-order valence-corrected chi connectivity index (χ1v) is 5.18. The van der Waals surface area contributed by atoms with Crippen LogP contribution in [0.1, 0.15) is 30.2 Å². The summed E-state index contributed by atoms with van der Waals surface area (Å²) in [6.45, 7) is 2.93. The van der Waals surface area contributed by atoms with Crippen LogP contribution < -0.4 is 5.32 Å². The lowest BCUT2D eigenvalue weighted by Gasteiger charge is -2.19. The lowest BCUT2D eigenvalue weighted by molar-refractivity contribution is 0.00299. The third-order valence-corrected chi connectivity index (χ3v) is 2.20. The second-order valence-corrected chi connectivity index (χ2v) is 3.96. The maximum absolute atomic E-state index is 11.5. The molecule has 5 heteroatoms. The monoisotopic (exact) mass is 227 g/mol. The largest absolute Gasteiger partial charge is 0.456 e. The van der Waals surface area contributed by atoms with Crippen LogP contribution in [0.3, 0.4) is 0 Å². The van der Waals surface area contributed by atoms with E-state index in [1.54, 1.807) is 12.1 Å². The summed E-state index contributed by atoms with van der Waals surface area (Å²) in [6, 6.07) is 3.32. The number of aryl methyl sites for hydroxylation is 1. The van der Waals surface area contributed by atoms with Gasteiger partial charge < -0.3 is 19.9 Å². The van der Waals surface area contributed by atoms with Crippen molar-refractivity contribution in [3.63, 3.8) is 0 Å². The lowest BCUT2D eigenvalue weighted by atomic mass is 10.1. The van der Waals surface area contributed by atoms with Crippen molar-refractivity contribution in [2.45, 2.75) is 25.9 Å². The van der Waals surface area contributed by atoms with E-state index in [1.807, 2.05) is 6.92 Å². The highest BCUT2D eigenvalue weighted by Crippen LogP contribution is 2.08. The summed E-state index contributed by atoms with van der Waals surface area (Å²) < 4.78 is 5.24. The molecule has 1 aromatic heterocycles. The second kappa shape index (κ2) is 5.14. The molecule has 1 aromatic rings. The van der Waals surface area contributed by atoms with E-state index >= 15 is 0 Å². The summed E-state index contributed by atoms with van der Waals surface area (Å²) in [5.74, 6) is 0.554. The minimum atomic E-state index is -1.31. The number of nitrogens with one attached hydrogen (secondary N) is 1. The number of carbonyl (C=O) groups excluding carboxylic acids is 1. The molecular formula is C11H17NO4. The average Bonchev–Trinajstić information content (AvgIpc) is 2.74. The van der Waals surface area contributed by atoms with Crippen LogP contribution in [0, 0.1) is 0 Å². The summed E-state index contributed by atoms with van der Waals surface area (Å²) >= 11 is 0. The summed E-state index contributed by atoms with van der Waals surface area (Å²) in [5.41, 5.74) is -1.31. The highest BCUT2D eigenvalue weighted by Gasteiger charge is 2.21. The standard InChI is InChI=1S/C11H17NO4/c1-3-8-4-5-9(16-8)10(14)12-6-11(2,15)7-13/h4-5,13,15H,3,6-7H2,1-2H3,(H,12,14). The Morgan fingerprint density at radius 2 is 2.25 bits per heavy atom. The van der Waals surface area contributed by atoms with Crippen LogP contribution in [0.15, 0.2) is 16.5 Å². The molecule has 0 aliphatic rings. The number of aliphatic hydroxyl groups is 2. The van der Waals surface area contributed by atoms with Crippen molar-refractivity contribution < 1.29 is 19.4 Å². The van der Waals surface area contributed by atoms with Crippen molar-refractivity contribution in [2.24, 2.45) is 0 Å². The number of hydrogen-bond acceptors (Lipinski definition) is 4. The van der Waals surface area contributed by atoms with E-state index in [4.69, 9.17) is 9.52 Å². The fraction of sp³-hybridized carbons (Fsp3) is 0.545. The number of rotatable bonds is 5. The van der Waals surface area contributed by atoms with E-state index in [-0.39, 0.29) is 12.3 Å². The molecule has 90 valence electrons. The van der Waals surface area contributed by atoms with Crippen molar-refractivity contribution in [1.29, 1.82) is 0 Å². The van der Waals surface area contributed by atoms with Crippen molar-refractivity contribution in [3.05, 3.63) is 23.7 Å². The summed E-state index contributed by atoms with van der Waals surface area (Å²) in [7, 11) is 0. The molecule has 16 heavy (non-hydrogen) atoms. The van der Waals surface area contributed by atoms with Crippen molar-refractivity contribution >= 4 is 5.91 Å². The van der Waals surface area contributed by atoms with Gasteiger partial charge in [0.25, 0.3) is 5.91 Å². The molecule has 5 nitrogen and oxygen atoms in total. The summed E-state index contributed by atoms with van der Waals surface area (Å²) in [4.78, 5) is 11.5. The minimum Gasteiger partial charge on any atom is -0.456 e. The van der Waals surface area contributed by atoms with Gasteiger partial charge in [-0.3, -0.25) is 4.79 Å². The van der Waals surface area contributed by atoms with E-state index in [0.29, 0.717) is 0 Å². The molecule has 0 aromatic carbocycles. The van der Waals surface area contributed by atoms with Crippen molar-refractivity contribution in [2.75, 3.05) is 13.2 Å². The zero-order chi connectivity index (χ0) is 12.2. The van der Waals surface area contributed by atoms with Crippen LogP contribution in [0.5, 0.6) is 0 Å². The molecule has 0 radical (unpaired) electrons. The van der Waals surface area contributed by atoms with E-state index < -0.39 is 18.1 Å². The summed E-state index contributed by atoms with van der Waals surface area (Å²) in [5, 5.41) is 20.8. The van der Waals surface area contributed by atoms with Gasteiger partial charge in [-0.05, 0) is 19.1 Å². The molecule has 1 unspecified atom stereocenters. The maximum atomic E-state index is 11.5. The van der Waals surface area contributed by atoms with E-state index in [9.17, 15) is 9.90 Å². The number of carbonyl (C=O) groups is 1. The summed E-state index contributed by atoms with van der Waals surface area (Å²) in [6.07, 6.45) is 0.724. The van der Waals surface area contributed by atoms with Gasteiger partial charge >= 0.3 is 0 Å². The predicted octanol–water partition coefficient (Wildman–Crippen LogP) is 0.315. The van der Waals surface area contributed by atoms with E-state index in [1.165, 1.54) is 6.92 Å². The SMILES string of the molecule is CCc1ccc(C(=O)NCC(C)(O)CO)o1. The highest BCUT2D eigenvalue weighted by atomic mass is 16.4. The molecule has 1 amide bonds. The Kier molecular flexibility index (Phi) is 4.09. The predicted molar refractivity (Wildman–Crippen MR) is 58.1 cm³/mol. The van der Waals surface area contributed by atoms with Gasteiger partial charge in [-0.15, -0.1) is 0 Å². The number of aliphatic hydroxyl groups excluding tert-OH is 1. The second-order valence-electron chi connectivity index (χ2n) is 3.96. The first-order valence-electron chi connectivity index (χ1n) is 5.18. The maximum Gasteiger partial charge on any atom is 0.287 e. The quantitative estimate of drug-likeness (QED) is 0.676. The zero-order valence-electron chi connectivity index (χ0n) is 9.49. The van der Waals surface area contributed by atoms with Gasteiger partial charge in [-0.1, -0.05) is 6.92 Å². The first-order chi connectivity index (χ1) is 7.48.